The Bertz CT molecular complexity index is 601. The molecule has 102 valence electrons. The largest absolute Gasteiger partial charge is 0.497 e. The van der Waals surface area contributed by atoms with Gasteiger partial charge in [0.1, 0.15) is 11.4 Å². The highest BCUT2D eigenvalue weighted by Gasteiger charge is 2.47. The van der Waals surface area contributed by atoms with Gasteiger partial charge >= 0.3 is 0 Å². The lowest BCUT2D eigenvalue weighted by molar-refractivity contribution is 0.173. The normalized spacial score (nSPS) is 15.4. The second kappa shape index (κ2) is 5.25. The van der Waals surface area contributed by atoms with Crippen LogP contribution >= 0.6 is 12.2 Å². The molecule has 0 N–H and O–H groups in total. The molecule has 1 saturated carbocycles. The van der Waals surface area contributed by atoms with E-state index in [4.69, 9.17) is 21.7 Å². The topological polar surface area (TPSA) is 18.5 Å². The molecule has 0 unspecified atom stereocenters. The highest BCUT2D eigenvalue weighted by molar-refractivity contribution is 7.80. The molecule has 1 aliphatic rings. The molecule has 3 rings (SSSR count). The molecule has 0 saturated heterocycles. The first kappa shape index (κ1) is 13.1. The van der Waals surface area contributed by atoms with Crippen LogP contribution in [-0.4, -0.2) is 12.2 Å². The Morgan fingerprint density at radius 1 is 1.00 bits per heavy atom. The predicted octanol–water partition coefficient (Wildman–Crippen LogP) is 4.08. The molecule has 0 heterocycles. The van der Waals surface area contributed by atoms with Crippen molar-refractivity contribution in [2.45, 2.75) is 18.4 Å². The molecule has 20 heavy (non-hydrogen) atoms. The molecule has 0 bridgehead atoms. The fraction of sp³-hybridized carbons (Fsp3) is 0.235. The van der Waals surface area contributed by atoms with Crippen molar-refractivity contribution in [2.24, 2.45) is 0 Å². The van der Waals surface area contributed by atoms with Crippen LogP contribution in [0.5, 0.6) is 5.75 Å². The van der Waals surface area contributed by atoms with E-state index in [9.17, 15) is 0 Å². The van der Waals surface area contributed by atoms with E-state index in [2.05, 4.69) is 12.1 Å². The summed E-state index contributed by atoms with van der Waals surface area (Å²) in [5, 5.41) is 0.550. The number of rotatable bonds is 4. The smallest absolute Gasteiger partial charge is 0.192 e. The van der Waals surface area contributed by atoms with Crippen LogP contribution in [0.2, 0.25) is 0 Å². The number of hydrogen-bond donors (Lipinski definition) is 0. The van der Waals surface area contributed by atoms with Crippen molar-refractivity contribution in [3.05, 3.63) is 65.7 Å². The van der Waals surface area contributed by atoms with Gasteiger partial charge in [-0.25, -0.2) is 0 Å². The predicted molar refractivity (Wildman–Crippen MR) is 83.1 cm³/mol. The van der Waals surface area contributed by atoms with Gasteiger partial charge in [0.15, 0.2) is 5.05 Å². The first-order chi connectivity index (χ1) is 9.73. The molecule has 0 aliphatic heterocycles. The zero-order chi connectivity index (χ0) is 14.0. The van der Waals surface area contributed by atoms with Gasteiger partial charge in [-0.05, 0) is 54.9 Å². The third kappa shape index (κ3) is 2.54. The van der Waals surface area contributed by atoms with Gasteiger partial charge in [-0.1, -0.05) is 30.3 Å². The van der Waals surface area contributed by atoms with Crippen LogP contribution in [0.1, 0.15) is 24.0 Å². The minimum Gasteiger partial charge on any atom is -0.497 e. The summed E-state index contributed by atoms with van der Waals surface area (Å²) in [6.07, 6.45) is 2.04. The number of thiocarbonyl (C=S) groups is 1. The van der Waals surface area contributed by atoms with Crippen LogP contribution < -0.4 is 4.74 Å². The van der Waals surface area contributed by atoms with E-state index in [0.29, 0.717) is 5.05 Å². The molecule has 0 amide bonds. The van der Waals surface area contributed by atoms with E-state index in [-0.39, 0.29) is 5.60 Å². The summed E-state index contributed by atoms with van der Waals surface area (Å²) in [6.45, 7) is 0. The van der Waals surface area contributed by atoms with E-state index in [1.54, 1.807) is 7.11 Å². The van der Waals surface area contributed by atoms with Crippen LogP contribution in [-0.2, 0) is 10.3 Å². The highest BCUT2D eigenvalue weighted by Crippen LogP contribution is 2.49. The monoisotopic (exact) mass is 284 g/mol. The standard InChI is InChI=1S/C17H16O2S/c1-18-15-9-7-13(8-10-15)16(20)19-17(11-12-17)14-5-3-2-4-6-14/h2-10H,11-12H2,1H3. The summed E-state index contributed by atoms with van der Waals surface area (Å²) in [4.78, 5) is 0. The summed E-state index contributed by atoms with van der Waals surface area (Å²) in [5.74, 6) is 0.820. The Morgan fingerprint density at radius 2 is 1.65 bits per heavy atom. The van der Waals surface area contributed by atoms with Crippen LogP contribution in [0.3, 0.4) is 0 Å². The van der Waals surface area contributed by atoms with E-state index in [1.165, 1.54) is 5.56 Å². The maximum atomic E-state index is 6.09. The maximum absolute atomic E-state index is 6.09. The molecule has 0 atom stereocenters. The van der Waals surface area contributed by atoms with E-state index in [1.807, 2.05) is 42.5 Å². The van der Waals surface area contributed by atoms with Crippen molar-refractivity contribution in [1.29, 1.82) is 0 Å². The zero-order valence-electron chi connectivity index (χ0n) is 11.3. The summed E-state index contributed by atoms with van der Waals surface area (Å²) < 4.78 is 11.2. The molecule has 2 aromatic carbocycles. The van der Waals surface area contributed by atoms with Crippen molar-refractivity contribution in [1.82, 2.24) is 0 Å². The molecule has 3 heteroatoms. The van der Waals surface area contributed by atoms with Crippen molar-refractivity contribution in [3.8, 4) is 5.75 Å². The molecular formula is C17H16O2S. The number of hydrogen-bond acceptors (Lipinski definition) is 3. The first-order valence-corrected chi connectivity index (χ1v) is 7.07. The van der Waals surface area contributed by atoms with Crippen molar-refractivity contribution < 1.29 is 9.47 Å². The van der Waals surface area contributed by atoms with Crippen molar-refractivity contribution >= 4 is 17.3 Å². The minimum atomic E-state index is -0.210. The Hall–Kier alpha value is -1.87. The second-order valence-corrected chi connectivity index (χ2v) is 5.35. The average Bonchev–Trinajstić information content (AvgIpc) is 3.29. The fourth-order valence-corrected chi connectivity index (χ4v) is 2.56. The lowest BCUT2D eigenvalue weighted by Crippen LogP contribution is -2.17. The SMILES string of the molecule is COc1ccc(C(=S)OC2(c3ccccc3)CC2)cc1. The number of benzene rings is 2. The van der Waals surface area contributed by atoms with Gasteiger partial charge in [0.25, 0.3) is 0 Å². The summed E-state index contributed by atoms with van der Waals surface area (Å²) in [5.41, 5.74) is 1.91. The molecule has 0 aromatic heterocycles. The third-order valence-corrected chi connectivity index (χ3v) is 3.94. The van der Waals surface area contributed by atoms with Gasteiger partial charge in [-0.2, -0.15) is 0 Å². The minimum absolute atomic E-state index is 0.210. The number of ether oxygens (including phenoxy) is 2. The van der Waals surface area contributed by atoms with Gasteiger partial charge in [-0.3, -0.25) is 0 Å². The molecule has 0 spiro atoms. The third-order valence-electron chi connectivity index (χ3n) is 3.62. The van der Waals surface area contributed by atoms with E-state index < -0.39 is 0 Å². The molecule has 2 aromatic rings. The summed E-state index contributed by atoms with van der Waals surface area (Å²) in [7, 11) is 1.65. The Morgan fingerprint density at radius 3 is 2.20 bits per heavy atom. The zero-order valence-corrected chi connectivity index (χ0v) is 12.2. The highest BCUT2D eigenvalue weighted by atomic mass is 32.1. The van der Waals surface area contributed by atoms with Gasteiger partial charge in [-0.15, -0.1) is 0 Å². The second-order valence-electron chi connectivity index (χ2n) is 4.98. The lowest BCUT2D eigenvalue weighted by atomic mass is 10.1. The lowest BCUT2D eigenvalue weighted by Gasteiger charge is -2.19. The average molecular weight is 284 g/mol. The Kier molecular flexibility index (Phi) is 3.45. The summed E-state index contributed by atoms with van der Waals surface area (Å²) in [6, 6.07) is 17.9. The Balaban J connectivity index is 1.76. The Labute approximate surface area is 124 Å². The van der Waals surface area contributed by atoms with Gasteiger partial charge < -0.3 is 9.47 Å². The molecule has 0 radical (unpaired) electrons. The van der Waals surface area contributed by atoms with Crippen LogP contribution in [0.25, 0.3) is 0 Å². The van der Waals surface area contributed by atoms with Gasteiger partial charge in [0.2, 0.25) is 0 Å². The van der Waals surface area contributed by atoms with Crippen LogP contribution in [0.4, 0.5) is 0 Å². The van der Waals surface area contributed by atoms with Crippen LogP contribution in [0.15, 0.2) is 54.6 Å². The molecule has 2 nitrogen and oxygen atoms in total. The van der Waals surface area contributed by atoms with Crippen LogP contribution in [0, 0.1) is 0 Å². The van der Waals surface area contributed by atoms with E-state index >= 15 is 0 Å². The van der Waals surface area contributed by atoms with Crippen molar-refractivity contribution in [2.75, 3.05) is 7.11 Å². The maximum Gasteiger partial charge on any atom is 0.192 e. The summed E-state index contributed by atoms with van der Waals surface area (Å²) >= 11 is 5.43. The fourth-order valence-electron chi connectivity index (χ4n) is 2.27. The van der Waals surface area contributed by atoms with Gasteiger partial charge in [0, 0.05) is 5.56 Å². The van der Waals surface area contributed by atoms with E-state index in [0.717, 1.165) is 24.2 Å². The van der Waals surface area contributed by atoms with Crippen molar-refractivity contribution in [3.63, 3.8) is 0 Å². The molecular weight excluding hydrogens is 268 g/mol. The first-order valence-electron chi connectivity index (χ1n) is 6.66. The quantitative estimate of drug-likeness (QED) is 0.788. The molecule has 1 fully saturated rings. The van der Waals surface area contributed by atoms with Gasteiger partial charge in [0.05, 0.1) is 7.11 Å². The molecule has 1 aliphatic carbocycles. The number of methoxy groups -OCH3 is 1.